The maximum absolute atomic E-state index is 12.8. The first-order chi connectivity index (χ1) is 23.2. The van der Waals surface area contributed by atoms with Gasteiger partial charge in [-0.15, -0.1) is 0 Å². The standard InChI is InChI=1S/C35H49BN7O3.C2H6/c1-5-7-8-16-38-35(39-31(37)9-6-2)34-26(3)14-17-42(34)25-28-11-10-27(23-29(28)46-4)24-40-19-21-41(22-20-40)32(44)15-18-43-30(36)12-13-33(43)45;1-2/h10-14,17,23,38H,3,5-9,15-16,18-22,24-25H2,1-2,4H3,(H2,37,39);1-2H3/b35-34+;. The van der Waals surface area contributed by atoms with E-state index in [1.54, 1.807) is 13.2 Å². The molecule has 1 radical (unpaired) electrons. The van der Waals surface area contributed by atoms with E-state index in [1.165, 1.54) is 11.0 Å². The van der Waals surface area contributed by atoms with Gasteiger partial charge in [0.25, 0.3) is 0 Å². The summed E-state index contributed by atoms with van der Waals surface area (Å²) in [5.41, 5.74) is 8.88. The summed E-state index contributed by atoms with van der Waals surface area (Å²) in [6.07, 6.45) is 10.3. The van der Waals surface area contributed by atoms with Crippen LogP contribution >= 0.6 is 0 Å². The fraction of sp³-hybridized carbons (Fsp3) is 0.514. The summed E-state index contributed by atoms with van der Waals surface area (Å²) in [6.45, 7) is 17.9. The van der Waals surface area contributed by atoms with E-state index in [0.29, 0.717) is 37.6 Å². The number of nitrogens with two attached hydrogens (primary N) is 1. The van der Waals surface area contributed by atoms with Crippen LogP contribution < -0.4 is 26.4 Å². The fourth-order valence-corrected chi connectivity index (χ4v) is 5.84. The summed E-state index contributed by atoms with van der Waals surface area (Å²) in [6, 6.07) is 8.39. The van der Waals surface area contributed by atoms with E-state index in [2.05, 4.69) is 53.4 Å². The SMILES string of the molecule is CC.[B]=C1C=CC(=O)N1CCC(=O)N1CCN(Cc2ccc(Cn3ccc(=C)/c3=C(\N=C(\N)CCC)NCCCCC)c(OC)c2)CC1. The average Bonchev–Trinajstić information content (AvgIpc) is 3.62. The second kappa shape index (κ2) is 19.6. The van der Waals surface area contributed by atoms with Gasteiger partial charge in [0.2, 0.25) is 0 Å². The molecule has 0 atom stereocenters. The third-order valence-electron chi connectivity index (χ3n) is 8.45. The number of benzene rings is 1. The number of ether oxygens (including phenoxy) is 1. The maximum atomic E-state index is 12.8. The number of amidine groups is 1. The Morgan fingerprint density at radius 3 is 2.44 bits per heavy atom. The molecule has 0 aliphatic carbocycles. The predicted molar refractivity (Wildman–Crippen MR) is 198 cm³/mol. The molecule has 2 amide bonds. The van der Waals surface area contributed by atoms with E-state index in [9.17, 15) is 9.59 Å². The van der Waals surface area contributed by atoms with Crippen LogP contribution in [0, 0.1) is 0 Å². The number of carbonyl (C=O) groups is 2. The molecule has 2 aliphatic heterocycles. The zero-order chi connectivity index (χ0) is 35.1. The van der Waals surface area contributed by atoms with Crippen LogP contribution in [0.4, 0.5) is 0 Å². The van der Waals surface area contributed by atoms with Crippen LogP contribution in [-0.4, -0.2) is 96.4 Å². The minimum absolute atomic E-state index is 0.0447. The first kappa shape index (κ1) is 38.3. The van der Waals surface area contributed by atoms with Gasteiger partial charge in [-0.25, -0.2) is 4.99 Å². The van der Waals surface area contributed by atoms with E-state index < -0.39 is 0 Å². The molecule has 1 aromatic carbocycles. The van der Waals surface area contributed by atoms with Crippen LogP contribution in [0.1, 0.15) is 77.3 Å². The van der Waals surface area contributed by atoms with E-state index in [-0.39, 0.29) is 18.2 Å². The van der Waals surface area contributed by atoms with Crippen molar-refractivity contribution in [2.24, 2.45) is 10.7 Å². The van der Waals surface area contributed by atoms with Crippen molar-refractivity contribution in [1.29, 1.82) is 0 Å². The van der Waals surface area contributed by atoms with Gasteiger partial charge >= 0.3 is 125 Å². The zero-order valence-corrected chi connectivity index (χ0v) is 29.8. The van der Waals surface area contributed by atoms with Crippen molar-refractivity contribution in [3.8, 4) is 5.75 Å². The van der Waals surface area contributed by atoms with Gasteiger partial charge in [0, 0.05) is 24.7 Å². The molecule has 11 heteroatoms. The number of amides is 2. The molecular weight excluding hydrogens is 601 g/mol. The normalized spacial score (nSPS) is 15.8. The van der Waals surface area contributed by atoms with Crippen LogP contribution in [0.15, 0.2) is 47.6 Å². The molecular formula is C37H55BN7O3. The summed E-state index contributed by atoms with van der Waals surface area (Å²) in [7, 11) is 7.55. The molecule has 4 rings (SSSR count). The Hall–Kier alpha value is -4.12. The summed E-state index contributed by atoms with van der Waals surface area (Å²) < 4.78 is 8.02. The first-order valence-electron chi connectivity index (χ1n) is 17.5. The molecule has 3 N–H and O–H groups in total. The van der Waals surface area contributed by atoms with Gasteiger partial charge in [-0.2, -0.15) is 0 Å². The third-order valence-corrected chi connectivity index (χ3v) is 8.45. The average molecular weight is 657 g/mol. The van der Waals surface area contributed by atoms with Crippen molar-refractivity contribution in [3.63, 3.8) is 0 Å². The van der Waals surface area contributed by atoms with Crippen molar-refractivity contribution in [2.45, 2.75) is 79.3 Å². The molecule has 1 saturated heterocycles. The number of piperazine rings is 1. The van der Waals surface area contributed by atoms with E-state index in [1.807, 2.05) is 31.0 Å². The van der Waals surface area contributed by atoms with Gasteiger partial charge in [-0.3, -0.25) is 0 Å². The monoisotopic (exact) mass is 656 g/mol. The Kier molecular flexibility index (Phi) is 15.7. The van der Waals surface area contributed by atoms with Gasteiger partial charge in [0.1, 0.15) is 11.6 Å². The van der Waals surface area contributed by atoms with Crippen LogP contribution in [0.5, 0.6) is 5.75 Å². The number of nitrogens with one attached hydrogen (secondary N) is 1. The summed E-state index contributed by atoms with van der Waals surface area (Å²) >= 11 is 0. The summed E-state index contributed by atoms with van der Waals surface area (Å²) in [5, 5.41) is 5.35. The molecule has 48 heavy (non-hydrogen) atoms. The van der Waals surface area contributed by atoms with Crippen molar-refractivity contribution in [2.75, 3.05) is 46.4 Å². The first-order valence-corrected chi connectivity index (χ1v) is 17.5. The topological polar surface area (TPSA) is 108 Å². The predicted octanol–water partition coefficient (Wildman–Crippen LogP) is 2.72. The van der Waals surface area contributed by atoms with Gasteiger partial charge in [-0.1, -0.05) is 53.2 Å². The number of nitrogens with zero attached hydrogens (tertiary/aromatic N) is 5. The summed E-state index contributed by atoms with van der Waals surface area (Å²) in [5.74, 6) is 2.07. The second-order valence-corrected chi connectivity index (χ2v) is 12.0. The Bertz CT molecular complexity index is 1540. The van der Waals surface area contributed by atoms with Gasteiger partial charge in [0.15, 0.2) is 5.82 Å². The second-order valence-electron chi connectivity index (χ2n) is 12.0. The fourth-order valence-electron chi connectivity index (χ4n) is 5.84. The van der Waals surface area contributed by atoms with Crippen molar-refractivity contribution < 1.29 is 14.3 Å². The molecule has 10 nitrogen and oxygen atoms in total. The number of hydrogen-bond acceptors (Lipinski definition) is 6. The third kappa shape index (κ3) is 10.7. The number of aromatic nitrogens is 1. The Labute approximate surface area is 288 Å². The molecule has 0 unspecified atom stereocenters. The molecule has 2 aliphatic rings. The molecule has 0 bridgehead atoms. The Morgan fingerprint density at radius 2 is 1.79 bits per heavy atom. The van der Waals surface area contributed by atoms with Crippen molar-refractivity contribution in [3.05, 3.63) is 64.3 Å². The number of methoxy groups -OCH3 is 1. The van der Waals surface area contributed by atoms with Crippen LogP contribution in [-0.2, 0) is 22.7 Å². The number of hydrogen-bond donors (Lipinski definition) is 2. The number of aliphatic imine (C=N–C) groups is 1. The number of carbonyl (C=O) groups excluding carboxylic acids is 2. The number of unbranched alkanes of at least 4 members (excludes halogenated alkanes) is 2. The molecule has 0 saturated carbocycles. The van der Waals surface area contributed by atoms with Crippen molar-refractivity contribution in [1.82, 2.24) is 24.6 Å². The molecule has 0 spiro atoms. The van der Waals surface area contributed by atoms with Crippen LogP contribution in [0.3, 0.4) is 0 Å². The molecule has 259 valence electrons. The Balaban J connectivity index is 0.00000307. The minimum atomic E-state index is -0.169. The molecule has 1 aromatic heterocycles. The summed E-state index contributed by atoms with van der Waals surface area (Å²) in [4.78, 5) is 35.1. The molecule has 3 heterocycles. The Morgan fingerprint density at radius 1 is 1.04 bits per heavy atom. The van der Waals surface area contributed by atoms with Crippen molar-refractivity contribution >= 4 is 43.1 Å². The zero-order valence-electron chi connectivity index (χ0n) is 29.8. The quantitative estimate of drug-likeness (QED) is 0.125. The van der Waals surface area contributed by atoms with Crippen LogP contribution in [0.2, 0.25) is 0 Å². The van der Waals surface area contributed by atoms with Gasteiger partial charge in [-0.05, 0) is 24.1 Å². The van der Waals surface area contributed by atoms with Gasteiger partial charge < -0.3 is 20.4 Å². The molecule has 2 aromatic rings. The van der Waals surface area contributed by atoms with Gasteiger partial charge in [0.05, 0.1) is 19.0 Å². The van der Waals surface area contributed by atoms with Crippen LogP contribution in [0.25, 0.3) is 12.4 Å². The van der Waals surface area contributed by atoms with E-state index in [0.717, 1.165) is 91.5 Å². The van der Waals surface area contributed by atoms with E-state index in [4.69, 9.17) is 23.0 Å². The molecule has 1 fully saturated rings. The number of rotatable bonds is 16. The van der Waals surface area contributed by atoms with E-state index >= 15 is 0 Å².